The molecule has 1 N–H and O–H groups in total. The fourth-order valence-electron chi connectivity index (χ4n) is 2.53. The quantitative estimate of drug-likeness (QED) is 0.812. The summed E-state index contributed by atoms with van der Waals surface area (Å²) in [6.45, 7) is 1.85. The van der Waals surface area contributed by atoms with Crippen molar-refractivity contribution in [2.45, 2.75) is 37.9 Å². The van der Waals surface area contributed by atoms with Crippen molar-refractivity contribution in [3.8, 4) is 0 Å². The highest BCUT2D eigenvalue weighted by Gasteiger charge is 2.34. The van der Waals surface area contributed by atoms with Crippen molar-refractivity contribution in [2.24, 2.45) is 0 Å². The second kappa shape index (κ2) is 5.03. The number of hydrogen-bond acceptors (Lipinski definition) is 2. The van der Waals surface area contributed by atoms with Crippen LogP contribution in [-0.4, -0.2) is 18.3 Å². The molecule has 0 saturated carbocycles. The molecule has 0 fully saturated rings. The standard InChI is InChI=1S/C15H20O2/c1-15(16,12-8-4-3-5-9-12)13-10-6-7-11-14(13)17-2/h3-5,8-10,14,16H,6-7,11H2,1-2H3/t14-,15+/m0/s1. The van der Waals surface area contributed by atoms with E-state index in [-0.39, 0.29) is 6.10 Å². The Morgan fingerprint density at radius 2 is 2.00 bits per heavy atom. The summed E-state index contributed by atoms with van der Waals surface area (Å²) >= 11 is 0. The fourth-order valence-corrected chi connectivity index (χ4v) is 2.53. The molecule has 0 radical (unpaired) electrons. The first-order chi connectivity index (χ1) is 8.16. The van der Waals surface area contributed by atoms with Gasteiger partial charge >= 0.3 is 0 Å². The van der Waals surface area contributed by atoms with Gasteiger partial charge in [-0.25, -0.2) is 0 Å². The highest BCUT2D eigenvalue weighted by atomic mass is 16.5. The molecule has 2 atom stereocenters. The minimum absolute atomic E-state index is 0.0407. The van der Waals surface area contributed by atoms with Crippen LogP contribution in [0.3, 0.4) is 0 Å². The Morgan fingerprint density at radius 3 is 2.65 bits per heavy atom. The van der Waals surface area contributed by atoms with Crippen LogP contribution in [0.25, 0.3) is 0 Å². The third-order valence-corrected chi connectivity index (χ3v) is 3.56. The summed E-state index contributed by atoms with van der Waals surface area (Å²) in [5.41, 5.74) is 0.996. The normalized spacial score (nSPS) is 23.9. The van der Waals surface area contributed by atoms with E-state index in [9.17, 15) is 5.11 Å². The van der Waals surface area contributed by atoms with Crippen molar-refractivity contribution in [2.75, 3.05) is 7.11 Å². The Kier molecular flexibility index (Phi) is 3.65. The smallest absolute Gasteiger partial charge is 0.110 e. The Hall–Kier alpha value is -1.12. The minimum Gasteiger partial charge on any atom is -0.381 e. The van der Waals surface area contributed by atoms with Gasteiger partial charge in [-0.2, -0.15) is 0 Å². The van der Waals surface area contributed by atoms with Crippen molar-refractivity contribution in [3.63, 3.8) is 0 Å². The van der Waals surface area contributed by atoms with Gasteiger partial charge in [0.15, 0.2) is 0 Å². The number of ether oxygens (including phenoxy) is 1. The van der Waals surface area contributed by atoms with Crippen molar-refractivity contribution in [1.29, 1.82) is 0 Å². The van der Waals surface area contributed by atoms with Gasteiger partial charge < -0.3 is 9.84 Å². The summed E-state index contributed by atoms with van der Waals surface area (Å²) in [6, 6.07) is 9.79. The summed E-state index contributed by atoms with van der Waals surface area (Å²) in [5, 5.41) is 10.8. The van der Waals surface area contributed by atoms with E-state index < -0.39 is 5.60 Å². The zero-order valence-electron chi connectivity index (χ0n) is 10.5. The topological polar surface area (TPSA) is 29.5 Å². The van der Waals surface area contributed by atoms with Crippen LogP contribution in [0.5, 0.6) is 0 Å². The molecule has 0 aromatic heterocycles. The maximum Gasteiger partial charge on any atom is 0.110 e. The summed E-state index contributed by atoms with van der Waals surface area (Å²) in [4.78, 5) is 0. The average Bonchev–Trinajstić information content (AvgIpc) is 2.39. The van der Waals surface area contributed by atoms with E-state index in [0.29, 0.717) is 0 Å². The maximum absolute atomic E-state index is 10.8. The second-order valence-corrected chi connectivity index (χ2v) is 4.75. The monoisotopic (exact) mass is 232 g/mol. The predicted octanol–water partition coefficient (Wildman–Crippen LogP) is 3.02. The molecule has 0 spiro atoms. The van der Waals surface area contributed by atoms with Gasteiger partial charge in [0.2, 0.25) is 0 Å². The molecule has 1 aromatic carbocycles. The number of aliphatic hydroxyl groups is 1. The fraction of sp³-hybridized carbons (Fsp3) is 0.467. The molecule has 2 nitrogen and oxygen atoms in total. The number of hydrogen-bond donors (Lipinski definition) is 1. The van der Waals surface area contributed by atoms with Gasteiger partial charge in [0.1, 0.15) is 5.60 Å². The molecule has 2 heteroatoms. The molecule has 0 saturated heterocycles. The van der Waals surface area contributed by atoms with Crippen LogP contribution in [0.4, 0.5) is 0 Å². The zero-order valence-corrected chi connectivity index (χ0v) is 10.5. The van der Waals surface area contributed by atoms with Crippen LogP contribution in [0.15, 0.2) is 42.0 Å². The van der Waals surface area contributed by atoms with Crippen molar-refractivity contribution in [3.05, 3.63) is 47.5 Å². The largest absolute Gasteiger partial charge is 0.381 e. The molecule has 17 heavy (non-hydrogen) atoms. The predicted molar refractivity (Wildman–Crippen MR) is 68.7 cm³/mol. The first-order valence-corrected chi connectivity index (χ1v) is 6.17. The lowest BCUT2D eigenvalue weighted by Crippen LogP contribution is -2.33. The molecule has 0 bridgehead atoms. The Bertz CT molecular complexity index is 393. The molecular weight excluding hydrogens is 212 g/mol. The number of methoxy groups -OCH3 is 1. The van der Waals surface area contributed by atoms with Crippen molar-refractivity contribution in [1.82, 2.24) is 0 Å². The molecular formula is C15H20O2. The first kappa shape index (κ1) is 12.3. The first-order valence-electron chi connectivity index (χ1n) is 6.17. The highest BCUT2D eigenvalue weighted by molar-refractivity contribution is 5.34. The van der Waals surface area contributed by atoms with Crippen LogP contribution in [-0.2, 0) is 10.3 Å². The van der Waals surface area contributed by atoms with E-state index in [1.807, 2.05) is 37.3 Å². The Balaban J connectivity index is 2.34. The SMILES string of the molecule is CO[C@H]1CCCC=C1[C@](C)(O)c1ccccc1. The molecule has 0 aliphatic heterocycles. The second-order valence-electron chi connectivity index (χ2n) is 4.75. The van der Waals surface area contributed by atoms with E-state index >= 15 is 0 Å². The molecule has 1 aromatic rings. The third kappa shape index (κ3) is 2.43. The van der Waals surface area contributed by atoms with E-state index in [1.165, 1.54) is 0 Å². The van der Waals surface area contributed by atoms with Crippen molar-refractivity contribution < 1.29 is 9.84 Å². The van der Waals surface area contributed by atoms with E-state index in [0.717, 1.165) is 30.4 Å². The summed E-state index contributed by atoms with van der Waals surface area (Å²) in [5.74, 6) is 0. The van der Waals surface area contributed by atoms with Crippen LogP contribution in [0, 0.1) is 0 Å². The summed E-state index contributed by atoms with van der Waals surface area (Å²) in [6.07, 6.45) is 5.32. The zero-order chi connectivity index (χ0) is 12.3. The number of rotatable bonds is 3. The summed E-state index contributed by atoms with van der Waals surface area (Å²) < 4.78 is 5.48. The number of benzene rings is 1. The lowest BCUT2D eigenvalue weighted by molar-refractivity contribution is 0.0365. The lowest BCUT2D eigenvalue weighted by atomic mass is 9.80. The molecule has 0 heterocycles. The number of allylic oxidation sites excluding steroid dienone is 1. The maximum atomic E-state index is 10.8. The van der Waals surface area contributed by atoms with E-state index in [1.54, 1.807) is 7.11 Å². The molecule has 1 aliphatic carbocycles. The van der Waals surface area contributed by atoms with Crippen molar-refractivity contribution >= 4 is 0 Å². The summed E-state index contributed by atoms with van der Waals surface area (Å²) in [7, 11) is 1.71. The van der Waals surface area contributed by atoms with Crippen LogP contribution >= 0.6 is 0 Å². The van der Waals surface area contributed by atoms with Gasteiger partial charge in [0.25, 0.3) is 0 Å². The van der Waals surface area contributed by atoms with Gasteiger partial charge in [0, 0.05) is 7.11 Å². The molecule has 1 aliphatic rings. The van der Waals surface area contributed by atoms with Gasteiger partial charge in [-0.3, -0.25) is 0 Å². The third-order valence-electron chi connectivity index (χ3n) is 3.56. The van der Waals surface area contributed by atoms with Crippen LogP contribution in [0.1, 0.15) is 31.7 Å². The molecule has 92 valence electrons. The van der Waals surface area contributed by atoms with Gasteiger partial charge in [-0.15, -0.1) is 0 Å². The van der Waals surface area contributed by atoms with E-state index in [2.05, 4.69) is 6.08 Å². The Labute approximate surface area is 103 Å². The minimum atomic E-state index is -0.928. The van der Waals surface area contributed by atoms with Gasteiger partial charge in [-0.05, 0) is 37.3 Å². The van der Waals surface area contributed by atoms with E-state index in [4.69, 9.17) is 4.74 Å². The lowest BCUT2D eigenvalue weighted by Gasteiger charge is -2.34. The Morgan fingerprint density at radius 1 is 1.29 bits per heavy atom. The molecule has 0 amide bonds. The van der Waals surface area contributed by atoms with Crippen LogP contribution < -0.4 is 0 Å². The average molecular weight is 232 g/mol. The molecule has 2 rings (SSSR count). The van der Waals surface area contributed by atoms with Gasteiger partial charge in [-0.1, -0.05) is 36.4 Å². The van der Waals surface area contributed by atoms with Gasteiger partial charge in [0.05, 0.1) is 6.10 Å². The molecule has 0 unspecified atom stereocenters. The van der Waals surface area contributed by atoms with Crippen LogP contribution in [0.2, 0.25) is 0 Å². The highest BCUT2D eigenvalue weighted by Crippen LogP contribution is 2.36.